The third kappa shape index (κ3) is 2.73. The van der Waals surface area contributed by atoms with Crippen molar-refractivity contribution in [2.75, 3.05) is 7.11 Å². The second-order valence-corrected chi connectivity index (χ2v) is 5.36. The van der Waals surface area contributed by atoms with Crippen LogP contribution in [0.4, 0.5) is 0 Å². The Kier molecular flexibility index (Phi) is 3.53. The molecule has 1 unspecified atom stereocenters. The highest BCUT2D eigenvalue weighted by Crippen LogP contribution is 2.31. The summed E-state index contributed by atoms with van der Waals surface area (Å²) in [5.41, 5.74) is 6.62. The molecule has 0 bridgehead atoms. The van der Waals surface area contributed by atoms with Gasteiger partial charge in [0.05, 0.1) is 13.2 Å². The fraction of sp³-hybridized carbons (Fsp3) is 0.462. The number of hydrogen-bond acceptors (Lipinski definition) is 6. The van der Waals surface area contributed by atoms with Crippen LogP contribution in [0.2, 0.25) is 0 Å². The summed E-state index contributed by atoms with van der Waals surface area (Å²) in [6.45, 7) is 6.08. The quantitative estimate of drug-likeness (QED) is 0.912. The molecule has 0 aliphatic rings. The Morgan fingerprint density at radius 1 is 1.37 bits per heavy atom. The lowest BCUT2D eigenvalue weighted by Gasteiger charge is -2.23. The number of nitrogens with two attached hydrogens (primary N) is 1. The first-order valence-electron chi connectivity index (χ1n) is 6.02. The monoisotopic (exact) mass is 262 g/mol. The number of pyridine rings is 1. The van der Waals surface area contributed by atoms with E-state index in [2.05, 4.69) is 15.1 Å². The molecule has 0 aliphatic carbocycles. The van der Waals surface area contributed by atoms with Crippen LogP contribution in [0.1, 0.15) is 32.6 Å². The topological polar surface area (TPSA) is 87.1 Å². The Morgan fingerprint density at radius 2 is 2.11 bits per heavy atom. The lowest BCUT2D eigenvalue weighted by atomic mass is 9.87. The highest BCUT2D eigenvalue weighted by atomic mass is 16.5. The van der Waals surface area contributed by atoms with Crippen molar-refractivity contribution in [3.63, 3.8) is 0 Å². The zero-order chi connectivity index (χ0) is 14.0. The zero-order valence-electron chi connectivity index (χ0n) is 11.5. The van der Waals surface area contributed by atoms with Crippen molar-refractivity contribution in [2.45, 2.75) is 26.8 Å². The molecule has 0 saturated heterocycles. The van der Waals surface area contributed by atoms with E-state index in [1.165, 1.54) is 0 Å². The van der Waals surface area contributed by atoms with Crippen molar-refractivity contribution >= 4 is 0 Å². The van der Waals surface area contributed by atoms with Gasteiger partial charge in [-0.05, 0) is 17.5 Å². The van der Waals surface area contributed by atoms with E-state index in [-0.39, 0.29) is 11.5 Å². The number of aromatic nitrogens is 3. The van der Waals surface area contributed by atoms with Gasteiger partial charge in [-0.3, -0.25) is 0 Å². The van der Waals surface area contributed by atoms with Crippen LogP contribution in [0.3, 0.4) is 0 Å². The van der Waals surface area contributed by atoms with Gasteiger partial charge in [0.1, 0.15) is 5.56 Å². The van der Waals surface area contributed by atoms with Crippen molar-refractivity contribution in [1.82, 2.24) is 15.1 Å². The first-order valence-corrected chi connectivity index (χ1v) is 6.02. The van der Waals surface area contributed by atoms with E-state index in [1.54, 1.807) is 19.4 Å². The lowest BCUT2D eigenvalue weighted by molar-refractivity contribution is 0.303. The Hall–Kier alpha value is -1.95. The summed E-state index contributed by atoms with van der Waals surface area (Å²) in [4.78, 5) is 8.43. The largest absolute Gasteiger partial charge is 0.480 e. The summed E-state index contributed by atoms with van der Waals surface area (Å²) in [6, 6.07) is 3.30. The zero-order valence-corrected chi connectivity index (χ0v) is 11.5. The third-order valence-corrected chi connectivity index (χ3v) is 2.85. The molecule has 6 heteroatoms. The molecule has 2 aromatic rings. The Morgan fingerprint density at radius 3 is 2.74 bits per heavy atom. The fourth-order valence-corrected chi connectivity index (χ4v) is 1.57. The Bertz CT molecular complexity index is 560. The molecule has 2 aromatic heterocycles. The van der Waals surface area contributed by atoms with Crippen molar-refractivity contribution in [3.8, 4) is 17.3 Å². The van der Waals surface area contributed by atoms with Crippen LogP contribution in [0.25, 0.3) is 11.5 Å². The molecule has 2 heterocycles. The molecule has 102 valence electrons. The van der Waals surface area contributed by atoms with Gasteiger partial charge in [0, 0.05) is 6.20 Å². The van der Waals surface area contributed by atoms with Gasteiger partial charge in [0.15, 0.2) is 5.82 Å². The predicted octanol–water partition coefficient (Wildman–Crippen LogP) is 2.19. The summed E-state index contributed by atoms with van der Waals surface area (Å²) in [5, 5.41) is 3.94. The minimum atomic E-state index is -0.298. The van der Waals surface area contributed by atoms with Crippen LogP contribution in [-0.4, -0.2) is 22.2 Å². The number of methoxy groups -OCH3 is 1. The van der Waals surface area contributed by atoms with Crippen molar-refractivity contribution in [3.05, 3.63) is 24.2 Å². The second kappa shape index (κ2) is 4.97. The maximum Gasteiger partial charge on any atom is 0.263 e. The molecule has 2 N–H and O–H groups in total. The van der Waals surface area contributed by atoms with Crippen LogP contribution in [0, 0.1) is 5.41 Å². The van der Waals surface area contributed by atoms with Gasteiger partial charge < -0.3 is 15.0 Å². The average molecular weight is 262 g/mol. The van der Waals surface area contributed by atoms with Crippen LogP contribution < -0.4 is 10.5 Å². The molecule has 0 spiro atoms. The maximum absolute atomic E-state index is 6.10. The van der Waals surface area contributed by atoms with Crippen LogP contribution in [0.5, 0.6) is 5.88 Å². The molecule has 1 atom stereocenters. The summed E-state index contributed by atoms with van der Waals surface area (Å²) in [7, 11) is 1.55. The van der Waals surface area contributed by atoms with Crippen LogP contribution in [0.15, 0.2) is 22.9 Å². The molecule has 0 amide bonds. The average Bonchev–Trinajstić information content (AvgIpc) is 2.86. The van der Waals surface area contributed by atoms with E-state index in [4.69, 9.17) is 15.0 Å². The summed E-state index contributed by atoms with van der Waals surface area (Å²) in [5.74, 6) is 1.29. The fourth-order valence-electron chi connectivity index (χ4n) is 1.57. The number of nitrogens with zero attached hydrogens (tertiary/aromatic N) is 3. The first-order chi connectivity index (χ1) is 8.93. The standard InChI is InChI=1S/C13H18N4O2/c1-13(2,3)9(14)10-16-12(19-17-10)8-6-5-7-15-11(8)18-4/h5-7,9H,14H2,1-4H3. The van der Waals surface area contributed by atoms with E-state index in [1.807, 2.05) is 26.8 Å². The third-order valence-electron chi connectivity index (χ3n) is 2.85. The predicted molar refractivity (Wildman–Crippen MR) is 70.5 cm³/mol. The molecule has 6 nitrogen and oxygen atoms in total. The minimum Gasteiger partial charge on any atom is -0.480 e. The smallest absolute Gasteiger partial charge is 0.263 e. The van der Waals surface area contributed by atoms with Gasteiger partial charge in [0.25, 0.3) is 5.89 Å². The van der Waals surface area contributed by atoms with E-state index < -0.39 is 0 Å². The summed E-state index contributed by atoms with van der Waals surface area (Å²) >= 11 is 0. The molecule has 0 fully saturated rings. The van der Waals surface area contributed by atoms with Gasteiger partial charge in [-0.25, -0.2) is 4.98 Å². The lowest BCUT2D eigenvalue weighted by Crippen LogP contribution is -2.27. The number of rotatable bonds is 3. The van der Waals surface area contributed by atoms with Crippen molar-refractivity contribution in [2.24, 2.45) is 11.1 Å². The molecule has 0 radical (unpaired) electrons. The van der Waals surface area contributed by atoms with Crippen LogP contribution >= 0.6 is 0 Å². The van der Waals surface area contributed by atoms with Crippen molar-refractivity contribution in [1.29, 1.82) is 0 Å². The van der Waals surface area contributed by atoms with E-state index in [0.717, 1.165) is 0 Å². The molecular weight excluding hydrogens is 244 g/mol. The molecule has 0 saturated carbocycles. The molecule has 2 rings (SSSR count). The highest BCUT2D eigenvalue weighted by Gasteiger charge is 2.27. The van der Waals surface area contributed by atoms with Gasteiger partial charge in [-0.2, -0.15) is 4.98 Å². The van der Waals surface area contributed by atoms with Gasteiger partial charge in [-0.1, -0.05) is 25.9 Å². The highest BCUT2D eigenvalue weighted by molar-refractivity contribution is 5.59. The molecule has 0 aliphatic heterocycles. The molecule has 0 aromatic carbocycles. The number of hydrogen-bond donors (Lipinski definition) is 1. The Balaban J connectivity index is 2.36. The summed E-state index contributed by atoms with van der Waals surface area (Å²) < 4.78 is 10.4. The second-order valence-electron chi connectivity index (χ2n) is 5.36. The van der Waals surface area contributed by atoms with Gasteiger partial charge in [-0.15, -0.1) is 0 Å². The van der Waals surface area contributed by atoms with Crippen LogP contribution in [-0.2, 0) is 0 Å². The van der Waals surface area contributed by atoms with E-state index >= 15 is 0 Å². The maximum atomic E-state index is 6.10. The first kappa shape index (κ1) is 13.5. The normalized spacial score (nSPS) is 13.3. The Labute approximate surface area is 112 Å². The number of ether oxygens (including phenoxy) is 1. The van der Waals surface area contributed by atoms with Gasteiger partial charge in [0.2, 0.25) is 5.88 Å². The van der Waals surface area contributed by atoms with Crippen molar-refractivity contribution < 1.29 is 9.26 Å². The van der Waals surface area contributed by atoms with E-state index in [0.29, 0.717) is 23.2 Å². The summed E-state index contributed by atoms with van der Waals surface area (Å²) in [6.07, 6.45) is 1.64. The minimum absolute atomic E-state index is 0.139. The SMILES string of the molecule is COc1ncccc1-c1nc(C(N)C(C)(C)C)no1. The molecule has 19 heavy (non-hydrogen) atoms. The molecular formula is C13H18N4O2. The van der Waals surface area contributed by atoms with E-state index in [9.17, 15) is 0 Å². The van der Waals surface area contributed by atoms with Gasteiger partial charge >= 0.3 is 0 Å².